The van der Waals surface area contributed by atoms with Crippen molar-refractivity contribution in [1.29, 1.82) is 0 Å². The van der Waals surface area contributed by atoms with E-state index in [-0.39, 0.29) is 24.5 Å². The van der Waals surface area contributed by atoms with E-state index in [4.69, 9.17) is 4.42 Å². The molecule has 2 rings (SSSR count). The third kappa shape index (κ3) is 4.75. The van der Waals surface area contributed by atoms with E-state index in [1.54, 1.807) is 14.1 Å². The smallest absolute Gasteiger partial charge is 0.243 e. The van der Waals surface area contributed by atoms with Crippen LogP contribution in [-0.2, 0) is 4.79 Å². The fourth-order valence-electron chi connectivity index (χ4n) is 2.19. The number of nitrogens with zero attached hydrogens (tertiary/aromatic N) is 2. The lowest BCUT2D eigenvalue weighted by molar-refractivity contribution is -0.127. The van der Waals surface area contributed by atoms with Gasteiger partial charge < -0.3 is 20.0 Å². The van der Waals surface area contributed by atoms with E-state index in [1.807, 2.05) is 51.1 Å². The number of amides is 1. The van der Waals surface area contributed by atoms with Gasteiger partial charge >= 0.3 is 0 Å². The van der Waals surface area contributed by atoms with Crippen LogP contribution in [0, 0.1) is 0 Å². The lowest BCUT2D eigenvalue weighted by Crippen LogP contribution is -2.42. The van der Waals surface area contributed by atoms with Crippen molar-refractivity contribution in [2.45, 2.75) is 32.9 Å². The van der Waals surface area contributed by atoms with Crippen LogP contribution in [0.5, 0.6) is 0 Å². The van der Waals surface area contributed by atoms with E-state index in [0.717, 1.165) is 16.7 Å². The summed E-state index contributed by atoms with van der Waals surface area (Å²) >= 11 is 0. The molecule has 0 radical (unpaired) electrons. The molecule has 130 valence electrons. The predicted molar refractivity (Wildman–Crippen MR) is 97.0 cm³/mol. The molecule has 0 bridgehead atoms. The molecule has 1 heterocycles. The van der Waals surface area contributed by atoms with E-state index in [2.05, 4.69) is 15.6 Å². The van der Waals surface area contributed by atoms with Crippen molar-refractivity contribution in [3.63, 3.8) is 0 Å². The Kier molecular flexibility index (Phi) is 5.84. The first-order valence-corrected chi connectivity index (χ1v) is 8.13. The second kappa shape index (κ2) is 7.86. The molecule has 0 saturated heterocycles. The molecule has 0 aliphatic rings. The van der Waals surface area contributed by atoms with Crippen LogP contribution < -0.4 is 10.6 Å². The SMILES string of the molecule is CC(C)NC(=NCC(=O)N(C)C)NC(C)c1cc2ccccc2o1. The van der Waals surface area contributed by atoms with E-state index in [9.17, 15) is 4.79 Å². The van der Waals surface area contributed by atoms with Gasteiger partial charge in [-0.1, -0.05) is 18.2 Å². The molecule has 1 unspecified atom stereocenters. The fourth-order valence-corrected chi connectivity index (χ4v) is 2.19. The van der Waals surface area contributed by atoms with Gasteiger partial charge in [-0.2, -0.15) is 0 Å². The largest absolute Gasteiger partial charge is 0.459 e. The summed E-state index contributed by atoms with van der Waals surface area (Å²) in [6, 6.07) is 10.1. The number of guanidine groups is 1. The minimum absolute atomic E-state index is 0.0451. The predicted octanol–water partition coefficient (Wildman–Crippen LogP) is 2.53. The number of carbonyl (C=O) groups excluding carboxylic acids is 1. The number of hydrogen-bond acceptors (Lipinski definition) is 3. The van der Waals surface area contributed by atoms with Gasteiger partial charge in [0.15, 0.2) is 5.96 Å². The molecular weight excluding hydrogens is 304 g/mol. The van der Waals surface area contributed by atoms with Crippen molar-refractivity contribution >= 4 is 22.8 Å². The molecule has 2 N–H and O–H groups in total. The van der Waals surface area contributed by atoms with Crippen molar-refractivity contribution in [1.82, 2.24) is 15.5 Å². The first kappa shape index (κ1) is 17.8. The number of benzene rings is 1. The number of likely N-dealkylation sites (N-methyl/N-ethyl adjacent to an activating group) is 1. The number of para-hydroxylation sites is 1. The standard InChI is InChI=1S/C18H26N4O2/c1-12(2)20-18(19-11-17(23)22(4)5)21-13(3)16-10-14-8-6-7-9-15(14)24-16/h6-10,12-13H,11H2,1-5H3,(H2,19,20,21). The number of rotatable bonds is 5. The molecule has 1 atom stereocenters. The first-order chi connectivity index (χ1) is 11.4. The Hall–Kier alpha value is -2.50. The Morgan fingerprint density at radius 2 is 1.92 bits per heavy atom. The van der Waals surface area contributed by atoms with Crippen LogP contribution in [0.3, 0.4) is 0 Å². The van der Waals surface area contributed by atoms with Crippen LogP contribution in [0.25, 0.3) is 11.0 Å². The first-order valence-electron chi connectivity index (χ1n) is 8.13. The molecule has 0 saturated carbocycles. The zero-order valence-corrected chi connectivity index (χ0v) is 15.0. The van der Waals surface area contributed by atoms with Gasteiger partial charge in [-0.3, -0.25) is 4.79 Å². The second-order valence-corrected chi connectivity index (χ2v) is 6.30. The minimum atomic E-state index is -0.0724. The zero-order valence-electron chi connectivity index (χ0n) is 15.0. The highest BCUT2D eigenvalue weighted by molar-refractivity contribution is 5.85. The summed E-state index contributed by atoms with van der Waals surface area (Å²) in [6.45, 7) is 6.15. The van der Waals surface area contributed by atoms with Crippen molar-refractivity contribution in [2.24, 2.45) is 4.99 Å². The average Bonchev–Trinajstić information content (AvgIpc) is 2.95. The quantitative estimate of drug-likeness (QED) is 0.653. The van der Waals surface area contributed by atoms with Crippen LogP contribution in [0.4, 0.5) is 0 Å². The second-order valence-electron chi connectivity index (χ2n) is 6.30. The van der Waals surface area contributed by atoms with Crippen molar-refractivity contribution in [2.75, 3.05) is 20.6 Å². The van der Waals surface area contributed by atoms with Crippen LogP contribution in [0.2, 0.25) is 0 Å². The highest BCUT2D eigenvalue weighted by atomic mass is 16.3. The van der Waals surface area contributed by atoms with Gasteiger partial charge in [0.25, 0.3) is 0 Å². The van der Waals surface area contributed by atoms with Crippen LogP contribution in [-0.4, -0.2) is 43.4 Å². The van der Waals surface area contributed by atoms with E-state index in [1.165, 1.54) is 4.90 Å². The molecule has 6 nitrogen and oxygen atoms in total. The average molecular weight is 330 g/mol. The van der Waals surface area contributed by atoms with Gasteiger partial charge in [-0.05, 0) is 32.9 Å². The molecule has 0 aliphatic carbocycles. The molecule has 6 heteroatoms. The van der Waals surface area contributed by atoms with Gasteiger partial charge in [0.1, 0.15) is 17.9 Å². The van der Waals surface area contributed by atoms with Crippen LogP contribution in [0.15, 0.2) is 39.7 Å². The normalized spacial score (nSPS) is 13.2. The maximum absolute atomic E-state index is 11.8. The number of hydrogen-bond donors (Lipinski definition) is 2. The number of carbonyl (C=O) groups is 1. The fraction of sp³-hybridized carbons (Fsp3) is 0.444. The van der Waals surface area contributed by atoms with Gasteiger partial charge in [0, 0.05) is 25.5 Å². The van der Waals surface area contributed by atoms with Crippen molar-refractivity contribution in [3.8, 4) is 0 Å². The van der Waals surface area contributed by atoms with Crippen LogP contribution >= 0.6 is 0 Å². The summed E-state index contributed by atoms with van der Waals surface area (Å²) in [4.78, 5) is 17.6. The summed E-state index contributed by atoms with van der Waals surface area (Å²) in [5.41, 5.74) is 0.860. The molecular formula is C18H26N4O2. The molecule has 24 heavy (non-hydrogen) atoms. The molecule has 2 aromatic rings. The molecule has 1 amide bonds. The van der Waals surface area contributed by atoms with Crippen molar-refractivity contribution in [3.05, 3.63) is 36.1 Å². The molecule has 0 aliphatic heterocycles. The Morgan fingerprint density at radius 1 is 1.21 bits per heavy atom. The Morgan fingerprint density at radius 3 is 2.54 bits per heavy atom. The number of fused-ring (bicyclic) bond motifs is 1. The summed E-state index contributed by atoms with van der Waals surface area (Å²) in [5.74, 6) is 1.37. The number of furan rings is 1. The lowest BCUT2D eigenvalue weighted by atomic mass is 10.2. The number of nitrogens with one attached hydrogen (secondary N) is 2. The van der Waals surface area contributed by atoms with Crippen molar-refractivity contribution < 1.29 is 9.21 Å². The molecule has 1 aromatic heterocycles. The summed E-state index contributed by atoms with van der Waals surface area (Å²) in [6.07, 6.45) is 0. The minimum Gasteiger partial charge on any atom is -0.459 e. The molecule has 1 aromatic carbocycles. The maximum atomic E-state index is 11.8. The van der Waals surface area contributed by atoms with Gasteiger partial charge in [0.2, 0.25) is 5.91 Å². The highest BCUT2D eigenvalue weighted by Gasteiger charge is 2.14. The third-order valence-electron chi connectivity index (χ3n) is 3.52. The van der Waals surface area contributed by atoms with Gasteiger partial charge in [-0.25, -0.2) is 4.99 Å². The zero-order chi connectivity index (χ0) is 17.7. The Labute approximate surface area is 142 Å². The van der Waals surface area contributed by atoms with E-state index >= 15 is 0 Å². The van der Waals surface area contributed by atoms with E-state index in [0.29, 0.717) is 5.96 Å². The Bertz CT molecular complexity index is 686. The third-order valence-corrected chi connectivity index (χ3v) is 3.52. The number of aliphatic imine (C=N–C) groups is 1. The Balaban J connectivity index is 2.12. The summed E-state index contributed by atoms with van der Waals surface area (Å²) in [5, 5.41) is 7.60. The maximum Gasteiger partial charge on any atom is 0.243 e. The topological polar surface area (TPSA) is 69.9 Å². The van der Waals surface area contributed by atoms with Gasteiger partial charge in [0.05, 0.1) is 6.04 Å². The highest BCUT2D eigenvalue weighted by Crippen LogP contribution is 2.23. The van der Waals surface area contributed by atoms with Crippen LogP contribution in [0.1, 0.15) is 32.6 Å². The van der Waals surface area contributed by atoms with Gasteiger partial charge in [-0.15, -0.1) is 0 Å². The summed E-state index contributed by atoms with van der Waals surface area (Å²) in [7, 11) is 3.44. The summed E-state index contributed by atoms with van der Waals surface area (Å²) < 4.78 is 5.88. The van der Waals surface area contributed by atoms with E-state index < -0.39 is 0 Å². The lowest BCUT2D eigenvalue weighted by Gasteiger charge is -2.19. The monoisotopic (exact) mass is 330 g/mol. The molecule has 0 fully saturated rings. The molecule has 0 spiro atoms.